The molecule has 1 heterocycles. The number of urea groups is 1. The van der Waals surface area contributed by atoms with Crippen molar-refractivity contribution in [3.8, 4) is 0 Å². The van der Waals surface area contributed by atoms with E-state index in [1.807, 2.05) is 13.8 Å². The van der Waals surface area contributed by atoms with Gasteiger partial charge in [0.15, 0.2) is 0 Å². The molecule has 21 heavy (non-hydrogen) atoms. The molecule has 7 heteroatoms. The van der Waals surface area contributed by atoms with Crippen LogP contribution in [0.3, 0.4) is 0 Å². The van der Waals surface area contributed by atoms with Gasteiger partial charge in [-0.05, 0) is 30.4 Å². The lowest BCUT2D eigenvalue weighted by Gasteiger charge is -2.18. The normalized spacial score (nSPS) is 12.0. The van der Waals surface area contributed by atoms with Gasteiger partial charge < -0.3 is 15.7 Å². The lowest BCUT2D eigenvalue weighted by molar-refractivity contribution is -0.138. The third-order valence-electron chi connectivity index (χ3n) is 2.88. The zero-order chi connectivity index (χ0) is 15.7. The van der Waals surface area contributed by atoms with Gasteiger partial charge >= 0.3 is 12.0 Å². The number of nitrogens with one attached hydrogen (secondary N) is 2. The summed E-state index contributed by atoms with van der Waals surface area (Å²) >= 11 is 0. The minimum absolute atomic E-state index is 0.0582. The first kappa shape index (κ1) is 16.9. The fourth-order valence-electron chi connectivity index (χ4n) is 2.05. The molecule has 1 aromatic rings. The Bertz CT molecular complexity index is 451. The summed E-state index contributed by atoms with van der Waals surface area (Å²) in [5.74, 6) is -0.522. The van der Waals surface area contributed by atoms with Crippen LogP contribution >= 0.6 is 0 Å². The summed E-state index contributed by atoms with van der Waals surface area (Å²) in [5.41, 5.74) is 0.664. The summed E-state index contributed by atoms with van der Waals surface area (Å²) in [7, 11) is 0. The number of carboxylic acid groups (broad SMARTS) is 1. The SMILES string of the molecule is CC(C)CC(CNC(=O)NCc1cccnn1)CC(=O)O. The molecule has 0 aliphatic rings. The molecule has 0 aromatic carbocycles. The molecule has 0 saturated heterocycles. The Morgan fingerprint density at radius 3 is 2.67 bits per heavy atom. The second kappa shape index (κ2) is 8.89. The van der Waals surface area contributed by atoms with Crippen molar-refractivity contribution in [2.45, 2.75) is 33.2 Å². The minimum atomic E-state index is -0.845. The van der Waals surface area contributed by atoms with Crippen LogP contribution in [0.1, 0.15) is 32.4 Å². The first-order valence-corrected chi connectivity index (χ1v) is 6.97. The van der Waals surface area contributed by atoms with Crippen LogP contribution in [0.5, 0.6) is 0 Å². The Kier molecular flexibility index (Phi) is 7.14. The monoisotopic (exact) mass is 294 g/mol. The molecular weight excluding hydrogens is 272 g/mol. The average molecular weight is 294 g/mol. The van der Waals surface area contributed by atoms with E-state index in [1.165, 1.54) is 0 Å². The molecule has 0 spiro atoms. The number of hydrogen-bond donors (Lipinski definition) is 3. The molecule has 3 N–H and O–H groups in total. The van der Waals surface area contributed by atoms with E-state index in [9.17, 15) is 9.59 Å². The lowest BCUT2D eigenvalue weighted by atomic mass is 9.94. The van der Waals surface area contributed by atoms with Gasteiger partial charge in [0, 0.05) is 19.2 Å². The second-order valence-electron chi connectivity index (χ2n) is 5.37. The molecule has 0 bridgehead atoms. The predicted molar refractivity (Wildman–Crippen MR) is 77.5 cm³/mol. The largest absolute Gasteiger partial charge is 0.481 e. The van der Waals surface area contributed by atoms with Crippen molar-refractivity contribution in [2.24, 2.45) is 11.8 Å². The van der Waals surface area contributed by atoms with Crippen LogP contribution < -0.4 is 10.6 Å². The van der Waals surface area contributed by atoms with Crippen LogP contribution in [0.25, 0.3) is 0 Å². The predicted octanol–water partition coefficient (Wildman–Crippen LogP) is 1.41. The van der Waals surface area contributed by atoms with Gasteiger partial charge in [0.1, 0.15) is 0 Å². The van der Waals surface area contributed by atoms with Crippen molar-refractivity contribution in [2.75, 3.05) is 6.54 Å². The van der Waals surface area contributed by atoms with Crippen molar-refractivity contribution in [1.82, 2.24) is 20.8 Å². The third-order valence-corrected chi connectivity index (χ3v) is 2.88. The smallest absolute Gasteiger partial charge is 0.315 e. The van der Waals surface area contributed by atoms with Gasteiger partial charge in [-0.3, -0.25) is 4.79 Å². The molecule has 0 saturated carbocycles. The molecule has 0 fully saturated rings. The number of nitrogens with zero attached hydrogens (tertiary/aromatic N) is 2. The highest BCUT2D eigenvalue weighted by Gasteiger charge is 2.16. The van der Waals surface area contributed by atoms with Crippen LogP contribution in [0.2, 0.25) is 0 Å². The number of aromatic nitrogens is 2. The minimum Gasteiger partial charge on any atom is -0.481 e. The van der Waals surface area contributed by atoms with Gasteiger partial charge in [0.25, 0.3) is 0 Å². The van der Waals surface area contributed by atoms with Gasteiger partial charge in [0.05, 0.1) is 12.2 Å². The molecule has 1 atom stereocenters. The van der Waals surface area contributed by atoms with Crippen molar-refractivity contribution in [3.63, 3.8) is 0 Å². The first-order chi connectivity index (χ1) is 9.97. The Morgan fingerprint density at radius 2 is 2.10 bits per heavy atom. The van der Waals surface area contributed by atoms with Crippen molar-refractivity contribution < 1.29 is 14.7 Å². The highest BCUT2D eigenvalue weighted by molar-refractivity contribution is 5.74. The maximum atomic E-state index is 11.7. The maximum Gasteiger partial charge on any atom is 0.315 e. The summed E-state index contributed by atoms with van der Waals surface area (Å²) in [6.07, 6.45) is 2.38. The number of amides is 2. The molecule has 116 valence electrons. The average Bonchev–Trinajstić information content (AvgIpc) is 2.42. The van der Waals surface area contributed by atoms with E-state index >= 15 is 0 Å². The number of carboxylic acids is 1. The number of rotatable bonds is 8. The van der Waals surface area contributed by atoms with Crippen molar-refractivity contribution in [1.29, 1.82) is 0 Å². The van der Waals surface area contributed by atoms with Crippen LogP contribution in [0, 0.1) is 11.8 Å². The Hall–Kier alpha value is -2.18. The van der Waals surface area contributed by atoms with E-state index in [1.54, 1.807) is 18.3 Å². The van der Waals surface area contributed by atoms with Crippen LogP contribution in [-0.4, -0.2) is 33.8 Å². The molecule has 0 radical (unpaired) electrons. The van der Waals surface area contributed by atoms with E-state index in [2.05, 4.69) is 20.8 Å². The lowest BCUT2D eigenvalue weighted by Crippen LogP contribution is -2.38. The molecule has 1 unspecified atom stereocenters. The molecule has 0 aliphatic heterocycles. The topological polar surface area (TPSA) is 104 Å². The van der Waals surface area contributed by atoms with Gasteiger partial charge in [-0.25, -0.2) is 4.79 Å². The Morgan fingerprint density at radius 1 is 1.33 bits per heavy atom. The van der Waals surface area contributed by atoms with Crippen LogP contribution in [0.4, 0.5) is 4.79 Å². The van der Waals surface area contributed by atoms with E-state index < -0.39 is 5.97 Å². The molecule has 0 aliphatic carbocycles. The Balaban J connectivity index is 2.33. The van der Waals surface area contributed by atoms with Crippen LogP contribution in [0.15, 0.2) is 18.3 Å². The molecule has 7 nitrogen and oxygen atoms in total. The van der Waals surface area contributed by atoms with Gasteiger partial charge in [-0.1, -0.05) is 13.8 Å². The molecule has 1 rings (SSSR count). The number of carbonyl (C=O) groups excluding carboxylic acids is 1. The summed E-state index contributed by atoms with van der Waals surface area (Å²) in [6.45, 7) is 4.69. The van der Waals surface area contributed by atoms with Crippen molar-refractivity contribution >= 4 is 12.0 Å². The molecule has 2 amide bonds. The van der Waals surface area contributed by atoms with Crippen molar-refractivity contribution in [3.05, 3.63) is 24.0 Å². The highest BCUT2D eigenvalue weighted by atomic mass is 16.4. The number of carbonyl (C=O) groups is 2. The summed E-state index contributed by atoms with van der Waals surface area (Å²) < 4.78 is 0. The number of aliphatic carboxylic acids is 1. The molecular formula is C14H22N4O3. The van der Waals surface area contributed by atoms with E-state index in [-0.39, 0.29) is 24.9 Å². The summed E-state index contributed by atoms with van der Waals surface area (Å²) in [4.78, 5) is 22.5. The molecule has 1 aromatic heterocycles. The Labute approximate surface area is 124 Å². The standard InChI is InChI=1S/C14H22N4O3/c1-10(2)6-11(7-13(19)20)8-15-14(21)16-9-12-4-3-5-17-18-12/h3-5,10-11H,6-9H2,1-2H3,(H,19,20)(H2,15,16,21). The first-order valence-electron chi connectivity index (χ1n) is 6.97. The zero-order valence-electron chi connectivity index (χ0n) is 12.4. The second-order valence-corrected chi connectivity index (χ2v) is 5.37. The fourth-order valence-corrected chi connectivity index (χ4v) is 2.05. The summed E-state index contributed by atoms with van der Waals surface area (Å²) in [5, 5.41) is 21.8. The van der Waals surface area contributed by atoms with Gasteiger partial charge in [0.2, 0.25) is 0 Å². The number of hydrogen-bond acceptors (Lipinski definition) is 4. The van der Waals surface area contributed by atoms with Crippen LogP contribution in [-0.2, 0) is 11.3 Å². The van der Waals surface area contributed by atoms with Gasteiger partial charge in [-0.15, -0.1) is 0 Å². The quantitative estimate of drug-likeness (QED) is 0.672. The van der Waals surface area contributed by atoms with E-state index in [4.69, 9.17) is 5.11 Å². The van der Waals surface area contributed by atoms with E-state index in [0.717, 1.165) is 6.42 Å². The van der Waals surface area contributed by atoms with E-state index in [0.29, 0.717) is 18.2 Å². The third kappa shape index (κ3) is 7.86. The maximum absolute atomic E-state index is 11.7. The van der Waals surface area contributed by atoms with Gasteiger partial charge in [-0.2, -0.15) is 10.2 Å². The fraction of sp³-hybridized carbons (Fsp3) is 0.571. The zero-order valence-corrected chi connectivity index (χ0v) is 12.4. The summed E-state index contributed by atoms with van der Waals surface area (Å²) in [6, 6.07) is 3.17. The highest BCUT2D eigenvalue weighted by Crippen LogP contribution is 2.14.